The highest BCUT2D eigenvalue weighted by Crippen LogP contribution is 2.17. The molecule has 2 atom stereocenters. The molecule has 2 unspecified atom stereocenters. The van der Waals surface area contributed by atoms with Crippen LogP contribution in [0.1, 0.15) is 25.8 Å². The maximum Gasteiger partial charge on any atom is 0.0526 e. The molecule has 0 saturated carbocycles. The van der Waals surface area contributed by atoms with E-state index in [2.05, 4.69) is 35.4 Å². The molecule has 2 aromatic rings. The number of pyridine rings is 1. The zero-order chi connectivity index (χ0) is 13.0. The summed E-state index contributed by atoms with van der Waals surface area (Å²) in [5.41, 5.74) is 1.27. The van der Waals surface area contributed by atoms with Gasteiger partial charge < -0.3 is 10.4 Å². The monoisotopic (exact) mass is 244 g/mol. The third-order valence-electron chi connectivity index (χ3n) is 3.11. The van der Waals surface area contributed by atoms with Crippen LogP contribution >= 0.6 is 0 Å². The number of rotatable bonds is 5. The minimum absolute atomic E-state index is 0.260. The number of aliphatic hydroxyl groups is 1. The summed E-state index contributed by atoms with van der Waals surface area (Å²) in [6.45, 7) is 4.73. The summed E-state index contributed by atoms with van der Waals surface area (Å²) in [5, 5.41) is 15.2. The summed E-state index contributed by atoms with van der Waals surface area (Å²) in [6.07, 6.45) is 4.22. The largest absolute Gasteiger partial charge is 0.393 e. The van der Waals surface area contributed by atoms with E-state index in [1.165, 1.54) is 16.3 Å². The molecule has 0 aliphatic heterocycles. The topological polar surface area (TPSA) is 45.1 Å². The van der Waals surface area contributed by atoms with Crippen LogP contribution in [-0.2, 0) is 6.54 Å². The van der Waals surface area contributed by atoms with Crippen LogP contribution in [0.4, 0.5) is 0 Å². The van der Waals surface area contributed by atoms with Crippen molar-refractivity contribution in [2.24, 2.45) is 0 Å². The van der Waals surface area contributed by atoms with Gasteiger partial charge in [0.25, 0.3) is 0 Å². The van der Waals surface area contributed by atoms with Crippen LogP contribution in [0.25, 0.3) is 10.8 Å². The molecule has 0 fully saturated rings. The summed E-state index contributed by atoms with van der Waals surface area (Å²) in [6, 6.07) is 8.61. The van der Waals surface area contributed by atoms with Crippen LogP contribution in [0.2, 0.25) is 0 Å². The molecule has 0 radical (unpaired) electrons. The van der Waals surface area contributed by atoms with Crippen molar-refractivity contribution in [3.63, 3.8) is 0 Å². The molecule has 2 N–H and O–H groups in total. The molecule has 0 saturated heterocycles. The van der Waals surface area contributed by atoms with Gasteiger partial charge in [0, 0.05) is 30.4 Å². The molecule has 0 amide bonds. The fourth-order valence-electron chi connectivity index (χ4n) is 2.22. The zero-order valence-electron chi connectivity index (χ0n) is 10.9. The van der Waals surface area contributed by atoms with Crippen molar-refractivity contribution in [3.8, 4) is 0 Å². The zero-order valence-corrected chi connectivity index (χ0v) is 10.9. The lowest BCUT2D eigenvalue weighted by Crippen LogP contribution is -2.28. The molecule has 0 spiro atoms. The van der Waals surface area contributed by atoms with Gasteiger partial charge in [-0.3, -0.25) is 4.98 Å². The number of hydrogen-bond donors (Lipinski definition) is 2. The van der Waals surface area contributed by atoms with Crippen LogP contribution in [0.3, 0.4) is 0 Å². The van der Waals surface area contributed by atoms with Crippen LogP contribution in [-0.4, -0.2) is 22.2 Å². The first-order valence-electron chi connectivity index (χ1n) is 6.40. The lowest BCUT2D eigenvalue weighted by molar-refractivity contribution is 0.170. The van der Waals surface area contributed by atoms with Gasteiger partial charge in [-0.15, -0.1) is 0 Å². The molecule has 1 aromatic heterocycles. The summed E-state index contributed by atoms with van der Waals surface area (Å²) in [7, 11) is 0. The van der Waals surface area contributed by atoms with Crippen LogP contribution in [0.15, 0.2) is 36.7 Å². The number of nitrogens with one attached hydrogen (secondary N) is 1. The lowest BCUT2D eigenvalue weighted by Gasteiger charge is -2.16. The van der Waals surface area contributed by atoms with E-state index in [0.717, 1.165) is 13.0 Å². The summed E-state index contributed by atoms with van der Waals surface area (Å²) in [4.78, 5) is 4.14. The highest BCUT2D eigenvalue weighted by atomic mass is 16.3. The van der Waals surface area contributed by atoms with Crippen molar-refractivity contribution in [3.05, 3.63) is 42.2 Å². The van der Waals surface area contributed by atoms with Crippen molar-refractivity contribution >= 4 is 10.8 Å². The average molecular weight is 244 g/mol. The summed E-state index contributed by atoms with van der Waals surface area (Å²) in [5.74, 6) is 0. The smallest absolute Gasteiger partial charge is 0.0526 e. The Bertz CT molecular complexity index is 505. The molecule has 1 heterocycles. The molecule has 3 heteroatoms. The molecule has 2 rings (SSSR count). The first-order valence-corrected chi connectivity index (χ1v) is 6.40. The van der Waals surface area contributed by atoms with Gasteiger partial charge in [0.1, 0.15) is 0 Å². The molecule has 3 nitrogen and oxygen atoms in total. The Morgan fingerprint density at radius 3 is 2.89 bits per heavy atom. The van der Waals surface area contributed by atoms with Crippen LogP contribution in [0.5, 0.6) is 0 Å². The van der Waals surface area contributed by atoms with E-state index in [4.69, 9.17) is 0 Å². The van der Waals surface area contributed by atoms with E-state index < -0.39 is 0 Å². The van der Waals surface area contributed by atoms with Gasteiger partial charge in [0.05, 0.1) is 6.10 Å². The highest BCUT2D eigenvalue weighted by molar-refractivity contribution is 5.84. The summed E-state index contributed by atoms with van der Waals surface area (Å²) < 4.78 is 0. The molecular formula is C15H20N2O. The first kappa shape index (κ1) is 13.0. The average Bonchev–Trinajstić information content (AvgIpc) is 2.35. The van der Waals surface area contributed by atoms with E-state index >= 15 is 0 Å². The molecule has 1 aromatic carbocycles. The predicted octanol–water partition coefficient (Wildman–Crippen LogP) is 2.48. The highest BCUT2D eigenvalue weighted by Gasteiger charge is 2.06. The fourth-order valence-corrected chi connectivity index (χ4v) is 2.22. The normalized spacial score (nSPS) is 14.6. The van der Waals surface area contributed by atoms with Gasteiger partial charge in [-0.05, 0) is 37.3 Å². The minimum atomic E-state index is -0.260. The SMILES string of the molecule is CC(O)CC(C)NCc1cccc2cnccc12. The van der Waals surface area contributed by atoms with Crippen molar-refractivity contribution in [1.82, 2.24) is 10.3 Å². The maximum absolute atomic E-state index is 9.34. The first-order chi connectivity index (χ1) is 8.66. The van der Waals surface area contributed by atoms with Crippen molar-refractivity contribution < 1.29 is 5.11 Å². The van der Waals surface area contributed by atoms with E-state index in [1.54, 1.807) is 0 Å². The number of aliphatic hydroxyl groups excluding tert-OH is 1. The van der Waals surface area contributed by atoms with Gasteiger partial charge in [-0.2, -0.15) is 0 Å². The van der Waals surface area contributed by atoms with E-state index in [9.17, 15) is 5.11 Å². The van der Waals surface area contributed by atoms with Crippen molar-refractivity contribution in [1.29, 1.82) is 0 Å². The third-order valence-corrected chi connectivity index (χ3v) is 3.11. The second-order valence-electron chi connectivity index (χ2n) is 4.88. The molecule has 96 valence electrons. The lowest BCUT2D eigenvalue weighted by atomic mass is 10.1. The van der Waals surface area contributed by atoms with Crippen molar-refractivity contribution in [2.75, 3.05) is 0 Å². The minimum Gasteiger partial charge on any atom is -0.393 e. The molecule has 0 aliphatic carbocycles. The number of benzene rings is 1. The maximum atomic E-state index is 9.34. The van der Waals surface area contributed by atoms with Crippen LogP contribution in [0, 0.1) is 0 Å². The molecule has 0 aliphatic rings. The molecule has 18 heavy (non-hydrogen) atoms. The van der Waals surface area contributed by atoms with Gasteiger partial charge in [-0.25, -0.2) is 0 Å². The van der Waals surface area contributed by atoms with Gasteiger partial charge >= 0.3 is 0 Å². The number of aromatic nitrogens is 1. The van der Waals surface area contributed by atoms with E-state index in [-0.39, 0.29) is 6.10 Å². The van der Waals surface area contributed by atoms with Crippen LogP contribution < -0.4 is 5.32 Å². The molecular weight excluding hydrogens is 224 g/mol. The van der Waals surface area contributed by atoms with Gasteiger partial charge in [0.2, 0.25) is 0 Å². The Morgan fingerprint density at radius 2 is 2.11 bits per heavy atom. The van der Waals surface area contributed by atoms with Crippen molar-refractivity contribution in [2.45, 2.75) is 39.0 Å². The molecule has 0 bridgehead atoms. The Labute approximate surface area is 108 Å². The Kier molecular flexibility index (Phi) is 4.28. The summed E-state index contributed by atoms with van der Waals surface area (Å²) >= 11 is 0. The second-order valence-corrected chi connectivity index (χ2v) is 4.88. The van der Waals surface area contributed by atoms with E-state index in [0.29, 0.717) is 6.04 Å². The second kappa shape index (κ2) is 5.94. The standard InChI is InChI=1S/C15H20N2O/c1-11(8-12(2)18)17-10-14-5-3-4-13-9-16-7-6-15(13)14/h3-7,9,11-12,17-18H,8,10H2,1-2H3. The van der Waals surface area contributed by atoms with Gasteiger partial charge in [0.15, 0.2) is 0 Å². The third kappa shape index (κ3) is 3.28. The Hall–Kier alpha value is -1.45. The fraction of sp³-hybridized carbons (Fsp3) is 0.400. The number of hydrogen-bond acceptors (Lipinski definition) is 3. The number of nitrogens with zero attached hydrogens (tertiary/aromatic N) is 1. The van der Waals surface area contributed by atoms with Gasteiger partial charge in [-0.1, -0.05) is 18.2 Å². The Balaban J connectivity index is 2.08. The predicted molar refractivity (Wildman–Crippen MR) is 74.3 cm³/mol. The van der Waals surface area contributed by atoms with E-state index in [1.807, 2.05) is 25.4 Å². The number of fused-ring (bicyclic) bond motifs is 1. The quantitative estimate of drug-likeness (QED) is 0.849. The Morgan fingerprint density at radius 1 is 1.28 bits per heavy atom.